The van der Waals surface area contributed by atoms with Crippen LogP contribution in [0, 0.1) is 5.92 Å². The fraction of sp³-hybridized carbons (Fsp3) is 0.467. The van der Waals surface area contributed by atoms with Crippen LogP contribution in [0.5, 0.6) is 0 Å². The second-order valence-electron chi connectivity index (χ2n) is 5.46. The first-order valence-electron chi connectivity index (χ1n) is 7.46. The summed E-state index contributed by atoms with van der Waals surface area (Å²) < 4.78 is 0. The van der Waals surface area contributed by atoms with Gasteiger partial charge in [-0.3, -0.25) is 9.78 Å². The first kappa shape index (κ1) is 14.9. The molecule has 2 aromatic heterocycles. The SMILES string of the molecule is CC(=O)N1CCC(CNc2nnc(-c3ccccn3)s2)CC1. The zero-order valence-corrected chi connectivity index (χ0v) is 13.3. The number of nitrogens with zero attached hydrogens (tertiary/aromatic N) is 4. The molecule has 0 bridgehead atoms. The Morgan fingerprint density at radius 3 is 2.86 bits per heavy atom. The molecule has 0 unspecified atom stereocenters. The van der Waals surface area contributed by atoms with Crippen molar-refractivity contribution in [2.75, 3.05) is 25.0 Å². The van der Waals surface area contributed by atoms with E-state index in [9.17, 15) is 4.79 Å². The molecule has 1 amide bonds. The molecule has 116 valence electrons. The molecule has 1 fully saturated rings. The molecule has 0 aliphatic carbocycles. The van der Waals surface area contributed by atoms with Crippen molar-refractivity contribution < 1.29 is 4.79 Å². The van der Waals surface area contributed by atoms with E-state index in [1.165, 1.54) is 11.3 Å². The molecule has 1 saturated heterocycles. The summed E-state index contributed by atoms with van der Waals surface area (Å²) in [6, 6.07) is 5.76. The van der Waals surface area contributed by atoms with Crippen LogP contribution in [-0.2, 0) is 4.79 Å². The van der Waals surface area contributed by atoms with Crippen LogP contribution in [0.2, 0.25) is 0 Å². The molecule has 2 aromatic rings. The number of amides is 1. The maximum absolute atomic E-state index is 11.3. The van der Waals surface area contributed by atoms with Gasteiger partial charge in [0.25, 0.3) is 0 Å². The Balaban J connectivity index is 1.51. The lowest BCUT2D eigenvalue weighted by atomic mass is 9.97. The molecule has 7 heteroatoms. The Kier molecular flexibility index (Phi) is 4.62. The van der Waals surface area contributed by atoms with Gasteiger partial charge in [-0.05, 0) is 30.9 Å². The normalized spacial score (nSPS) is 15.8. The summed E-state index contributed by atoms with van der Waals surface area (Å²) in [4.78, 5) is 17.5. The van der Waals surface area contributed by atoms with Gasteiger partial charge in [0.2, 0.25) is 11.0 Å². The molecule has 0 saturated carbocycles. The molecular weight excluding hydrogens is 298 g/mol. The summed E-state index contributed by atoms with van der Waals surface area (Å²) in [7, 11) is 0. The van der Waals surface area contributed by atoms with E-state index in [4.69, 9.17) is 0 Å². The summed E-state index contributed by atoms with van der Waals surface area (Å²) in [5.74, 6) is 0.758. The number of hydrogen-bond donors (Lipinski definition) is 1. The molecule has 6 nitrogen and oxygen atoms in total. The van der Waals surface area contributed by atoms with E-state index in [-0.39, 0.29) is 5.91 Å². The average molecular weight is 317 g/mol. The molecule has 1 aliphatic rings. The number of aromatic nitrogens is 3. The standard InChI is InChI=1S/C15H19N5OS/c1-11(21)20-8-5-12(6-9-20)10-17-15-19-18-14(22-15)13-4-2-3-7-16-13/h2-4,7,12H,5-6,8-10H2,1H3,(H,17,19). The van der Waals surface area contributed by atoms with Crippen molar-refractivity contribution in [2.45, 2.75) is 19.8 Å². The van der Waals surface area contributed by atoms with E-state index in [2.05, 4.69) is 20.5 Å². The molecule has 22 heavy (non-hydrogen) atoms. The smallest absolute Gasteiger partial charge is 0.219 e. The second-order valence-corrected chi connectivity index (χ2v) is 6.44. The highest BCUT2D eigenvalue weighted by atomic mass is 32.1. The predicted molar refractivity (Wildman–Crippen MR) is 86.6 cm³/mol. The minimum absolute atomic E-state index is 0.176. The lowest BCUT2D eigenvalue weighted by Crippen LogP contribution is -2.38. The van der Waals surface area contributed by atoms with Gasteiger partial charge in [0.05, 0.1) is 0 Å². The Morgan fingerprint density at radius 1 is 1.36 bits per heavy atom. The summed E-state index contributed by atoms with van der Waals surface area (Å²) in [6.45, 7) is 4.23. The van der Waals surface area contributed by atoms with Gasteiger partial charge < -0.3 is 10.2 Å². The van der Waals surface area contributed by atoms with Crippen LogP contribution in [0.1, 0.15) is 19.8 Å². The number of piperidine rings is 1. The molecule has 1 aliphatic heterocycles. The van der Waals surface area contributed by atoms with Crippen LogP contribution in [0.25, 0.3) is 10.7 Å². The van der Waals surface area contributed by atoms with Crippen LogP contribution in [0.4, 0.5) is 5.13 Å². The molecule has 0 spiro atoms. The lowest BCUT2D eigenvalue weighted by Gasteiger charge is -2.31. The number of pyridine rings is 1. The van der Waals surface area contributed by atoms with Gasteiger partial charge in [-0.25, -0.2) is 0 Å². The zero-order chi connectivity index (χ0) is 15.4. The Labute approximate surface area is 133 Å². The van der Waals surface area contributed by atoms with Gasteiger partial charge in [0.1, 0.15) is 5.69 Å². The fourth-order valence-electron chi connectivity index (χ4n) is 2.57. The summed E-state index contributed by atoms with van der Waals surface area (Å²) in [6.07, 6.45) is 3.84. The van der Waals surface area contributed by atoms with E-state index >= 15 is 0 Å². The lowest BCUT2D eigenvalue weighted by molar-refractivity contribution is -0.130. The third kappa shape index (κ3) is 3.59. The van der Waals surface area contributed by atoms with Crippen molar-refractivity contribution in [3.63, 3.8) is 0 Å². The topological polar surface area (TPSA) is 71.0 Å². The number of anilines is 1. The van der Waals surface area contributed by atoms with Gasteiger partial charge in [-0.15, -0.1) is 10.2 Å². The molecule has 0 radical (unpaired) electrons. The maximum Gasteiger partial charge on any atom is 0.219 e. The minimum atomic E-state index is 0.176. The summed E-state index contributed by atoms with van der Waals surface area (Å²) in [5.41, 5.74) is 0.850. The Morgan fingerprint density at radius 2 is 2.18 bits per heavy atom. The maximum atomic E-state index is 11.3. The highest BCUT2D eigenvalue weighted by Crippen LogP contribution is 2.25. The Bertz CT molecular complexity index is 622. The molecule has 3 heterocycles. The van der Waals surface area contributed by atoms with Crippen LogP contribution in [-0.4, -0.2) is 45.6 Å². The van der Waals surface area contributed by atoms with Crippen molar-refractivity contribution in [1.29, 1.82) is 0 Å². The first-order valence-corrected chi connectivity index (χ1v) is 8.28. The summed E-state index contributed by atoms with van der Waals surface area (Å²) in [5, 5.41) is 13.4. The monoisotopic (exact) mass is 317 g/mol. The number of nitrogens with one attached hydrogen (secondary N) is 1. The van der Waals surface area contributed by atoms with Crippen molar-refractivity contribution in [2.24, 2.45) is 5.92 Å². The van der Waals surface area contributed by atoms with E-state index < -0.39 is 0 Å². The van der Waals surface area contributed by atoms with Crippen LogP contribution in [0.3, 0.4) is 0 Å². The van der Waals surface area contributed by atoms with E-state index in [0.29, 0.717) is 5.92 Å². The number of likely N-dealkylation sites (tertiary alicyclic amines) is 1. The molecule has 0 aromatic carbocycles. The summed E-state index contributed by atoms with van der Waals surface area (Å²) >= 11 is 1.52. The third-order valence-electron chi connectivity index (χ3n) is 3.91. The number of carbonyl (C=O) groups excluding carboxylic acids is 1. The van der Waals surface area contributed by atoms with Crippen LogP contribution in [0.15, 0.2) is 24.4 Å². The largest absolute Gasteiger partial charge is 0.360 e. The van der Waals surface area contributed by atoms with Gasteiger partial charge >= 0.3 is 0 Å². The van der Waals surface area contributed by atoms with E-state index in [1.807, 2.05) is 23.1 Å². The van der Waals surface area contributed by atoms with Crippen molar-refractivity contribution in [3.8, 4) is 10.7 Å². The molecule has 1 N–H and O–H groups in total. The minimum Gasteiger partial charge on any atom is -0.360 e. The van der Waals surface area contributed by atoms with Gasteiger partial charge in [0.15, 0.2) is 5.01 Å². The van der Waals surface area contributed by atoms with Crippen molar-refractivity contribution >= 4 is 22.4 Å². The predicted octanol–water partition coefficient (Wildman–Crippen LogP) is 2.27. The van der Waals surface area contributed by atoms with Crippen molar-refractivity contribution in [1.82, 2.24) is 20.1 Å². The molecule has 3 rings (SSSR count). The van der Waals surface area contributed by atoms with Gasteiger partial charge in [-0.1, -0.05) is 17.4 Å². The molecular formula is C15H19N5OS. The zero-order valence-electron chi connectivity index (χ0n) is 12.5. The van der Waals surface area contributed by atoms with Gasteiger partial charge in [0, 0.05) is 32.8 Å². The average Bonchev–Trinajstić information content (AvgIpc) is 3.03. The fourth-order valence-corrected chi connectivity index (χ4v) is 3.30. The number of carbonyl (C=O) groups is 1. The van der Waals surface area contributed by atoms with Crippen LogP contribution >= 0.6 is 11.3 Å². The van der Waals surface area contributed by atoms with Crippen molar-refractivity contribution in [3.05, 3.63) is 24.4 Å². The highest BCUT2D eigenvalue weighted by molar-refractivity contribution is 7.18. The highest BCUT2D eigenvalue weighted by Gasteiger charge is 2.20. The Hall–Kier alpha value is -2.02. The van der Waals surface area contributed by atoms with E-state index in [0.717, 1.165) is 48.3 Å². The third-order valence-corrected chi connectivity index (χ3v) is 4.81. The molecule has 0 atom stereocenters. The number of hydrogen-bond acceptors (Lipinski definition) is 6. The van der Waals surface area contributed by atoms with E-state index in [1.54, 1.807) is 13.1 Å². The quantitative estimate of drug-likeness (QED) is 0.936. The van der Waals surface area contributed by atoms with Gasteiger partial charge in [-0.2, -0.15) is 0 Å². The second kappa shape index (κ2) is 6.83. The number of rotatable bonds is 4. The first-order chi connectivity index (χ1) is 10.7. The van der Waals surface area contributed by atoms with Crippen LogP contribution < -0.4 is 5.32 Å².